The second-order valence-electron chi connectivity index (χ2n) is 4.39. The number of anilines is 1. The Morgan fingerprint density at radius 3 is 2.67 bits per heavy atom. The van der Waals surface area contributed by atoms with E-state index in [4.69, 9.17) is 12.2 Å². The summed E-state index contributed by atoms with van der Waals surface area (Å²) in [6, 6.07) is 9.20. The van der Waals surface area contributed by atoms with E-state index in [2.05, 4.69) is 10.3 Å². The highest BCUT2D eigenvalue weighted by molar-refractivity contribution is 7.80. The predicted molar refractivity (Wildman–Crippen MR) is 81.8 cm³/mol. The molecular formula is C15H10FN3OS. The average Bonchev–Trinajstić information content (AvgIpc) is 2.76. The Morgan fingerprint density at radius 1 is 1.24 bits per heavy atom. The number of aromatic nitrogens is 1. The molecule has 1 aromatic carbocycles. The molecule has 104 valence electrons. The van der Waals surface area contributed by atoms with Crippen LogP contribution >= 0.6 is 12.2 Å². The van der Waals surface area contributed by atoms with E-state index in [1.165, 1.54) is 29.2 Å². The first-order chi connectivity index (χ1) is 10.1. The van der Waals surface area contributed by atoms with E-state index in [0.29, 0.717) is 11.4 Å². The number of pyridine rings is 1. The number of hydrogen-bond acceptors (Lipinski definition) is 3. The van der Waals surface area contributed by atoms with Gasteiger partial charge in [0, 0.05) is 12.4 Å². The Labute approximate surface area is 125 Å². The quantitative estimate of drug-likeness (QED) is 0.683. The largest absolute Gasteiger partial charge is 0.327 e. The van der Waals surface area contributed by atoms with Crippen molar-refractivity contribution in [2.75, 3.05) is 4.90 Å². The first kappa shape index (κ1) is 13.4. The molecular weight excluding hydrogens is 289 g/mol. The molecule has 1 aliphatic rings. The molecule has 0 bridgehead atoms. The minimum Gasteiger partial charge on any atom is -0.327 e. The van der Waals surface area contributed by atoms with E-state index in [1.54, 1.807) is 24.5 Å². The van der Waals surface area contributed by atoms with Gasteiger partial charge in [0.15, 0.2) is 5.11 Å². The lowest BCUT2D eigenvalue weighted by Crippen LogP contribution is -2.30. The number of rotatable bonds is 2. The van der Waals surface area contributed by atoms with Crippen molar-refractivity contribution in [3.05, 3.63) is 65.9 Å². The van der Waals surface area contributed by atoms with E-state index in [9.17, 15) is 9.18 Å². The van der Waals surface area contributed by atoms with E-state index >= 15 is 0 Å². The first-order valence-corrected chi connectivity index (χ1v) is 6.59. The zero-order valence-corrected chi connectivity index (χ0v) is 11.6. The van der Waals surface area contributed by atoms with Crippen LogP contribution in [-0.2, 0) is 4.79 Å². The fourth-order valence-corrected chi connectivity index (χ4v) is 2.29. The summed E-state index contributed by atoms with van der Waals surface area (Å²) in [6.07, 6.45) is 4.97. The van der Waals surface area contributed by atoms with Gasteiger partial charge < -0.3 is 5.32 Å². The van der Waals surface area contributed by atoms with Gasteiger partial charge in [0.05, 0.1) is 5.69 Å². The molecule has 6 heteroatoms. The summed E-state index contributed by atoms with van der Waals surface area (Å²) in [4.78, 5) is 17.7. The number of carbonyl (C=O) groups excluding carboxylic acids is 1. The fourth-order valence-electron chi connectivity index (χ4n) is 1.99. The lowest BCUT2D eigenvalue weighted by Gasteiger charge is -2.13. The van der Waals surface area contributed by atoms with Crippen molar-refractivity contribution < 1.29 is 9.18 Å². The Kier molecular flexibility index (Phi) is 3.45. The van der Waals surface area contributed by atoms with E-state index in [-0.39, 0.29) is 16.8 Å². The number of amides is 1. The normalized spacial score (nSPS) is 16.4. The van der Waals surface area contributed by atoms with Gasteiger partial charge in [-0.1, -0.05) is 6.07 Å². The number of benzene rings is 1. The highest BCUT2D eigenvalue weighted by atomic mass is 32.1. The smallest absolute Gasteiger partial charge is 0.281 e. The van der Waals surface area contributed by atoms with Crippen molar-refractivity contribution in [2.24, 2.45) is 0 Å². The maximum Gasteiger partial charge on any atom is 0.281 e. The van der Waals surface area contributed by atoms with Gasteiger partial charge in [-0.2, -0.15) is 0 Å². The number of carbonyl (C=O) groups is 1. The minimum atomic E-state index is -0.365. The molecule has 21 heavy (non-hydrogen) atoms. The molecule has 1 aliphatic heterocycles. The molecule has 1 saturated heterocycles. The van der Waals surface area contributed by atoms with Gasteiger partial charge in [0.2, 0.25) is 0 Å². The molecule has 0 atom stereocenters. The lowest BCUT2D eigenvalue weighted by atomic mass is 10.2. The molecule has 3 rings (SSSR count). The SMILES string of the molecule is O=C1/C(=C\c2cccnc2)NC(=S)N1c1ccc(F)cc1. The molecule has 0 saturated carbocycles. The van der Waals surface area contributed by atoms with Crippen LogP contribution < -0.4 is 10.2 Å². The van der Waals surface area contributed by atoms with Crippen molar-refractivity contribution in [3.8, 4) is 0 Å². The second kappa shape index (κ2) is 5.41. The topological polar surface area (TPSA) is 45.2 Å². The molecule has 1 amide bonds. The van der Waals surface area contributed by atoms with E-state index < -0.39 is 0 Å². The molecule has 0 aliphatic carbocycles. The fraction of sp³-hybridized carbons (Fsp3) is 0. The number of halogens is 1. The van der Waals surface area contributed by atoms with Crippen molar-refractivity contribution in [3.63, 3.8) is 0 Å². The summed E-state index contributed by atoms with van der Waals surface area (Å²) >= 11 is 5.17. The van der Waals surface area contributed by atoms with Crippen LogP contribution in [0.15, 0.2) is 54.5 Å². The Hall–Kier alpha value is -2.60. The van der Waals surface area contributed by atoms with Crippen LogP contribution in [-0.4, -0.2) is 16.0 Å². The maximum atomic E-state index is 13.0. The molecule has 4 nitrogen and oxygen atoms in total. The molecule has 1 aromatic heterocycles. The molecule has 2 heterocycles. The summed E-state index contributed by atoms with van der Waals surface area (Å²) < 4.78 is 13.0. The van der Waals surface area contributed by atoms with Crippen LogP contribution in [0.3, 0.4) is 0 Å². The highest BCUT2D eigenvalue weighted by Gasteiger charge is 2.31. The monoisotopic (exact) mass is 299 g/mol. The summed E-state index contributed by atoms with van der Waals surface area (Å²) in [5.74, 6) is -0.647. The molecule has 0 unspecified atom stereocenters. The molecule has 1 fully saturated rings. The van der Waals surface area contributed by atoms with Gasteiger partial charge in [-0.25, -0.2) is 4.39 Å². The van der Waals surface area contributed by atoms with Gasteiger partial charge in [-0.15, -0.1) is 0 Å². The Bertz CT molecular complexity index is 728. The van der Waals surface area contributed by atoms with Crippen molar-refractivity contribution >= 4 is 35.0 Å². The zero-order chi connectivity index (χ0) is 14.8. The lowest BCUT2D eigenvalue weighted by molar-refractivity contribution is -0.113. The molecule has 2 aromatic rings. The molecule has 0 spiro atoms. The third kappa shape index (κ3) is 2.66. The van der Waals surface area contributed by atoms with Crippen LogP contribution in [0.5, 0.6) is 0 Å². The Morgan fingerprint density at radius 2 is 2.00 bits per heavy atom. The number of nitrogens with zero attached hydrogens (tertiary/aromatic N) is 2. The van der Waals surface area contributed by atoms with Gasteiger partial charge in [0.1, 0.15) is 11.5 Å². The van der Waals surface area contributed by atoms with Crippen LogP contribution in [0.1, 0.15) is 5.56 Å². The third-order valence-electron chi connectivity index (χ3n) is 2.96. The summed E-state index contributed by atoms with van der Waals surface area (Å²) in [7, 11) is 0. The summed E-state index contributed by atoms with van der Waals surface area (Å²) in [5.41, 5.74) is 1.67. The van der Waals surface area contributed by atoms with Crippen LogP contribution in [0.2, 0.25) is 0 Å². The number of hydrogen-bond donors (Lipinski definition) is 1. The zero-order valence-electron chi connectivity index (χ0n) is 10.8. The minimum absolute atomic E-state index is 0.266. The van der Waals surface area contributed by atoms with Gasteiger partial charge in [-0.05, 0) is 54.2 Å². The van der Waals surface area contributed by atoms with E-state index in [1.807, 2.05) is 6.07 Å². The third-order valence-corrected chi connectivity index (χ3v) is 3.24. The second-order valence-corrected chi connectivity index (χ2v) is 4.78. The van der Waals surface area contributed by atoms with Crippen molar-refractivity contribution in [2.45, 2.75) is 0 Å². The van der Waals surface area contributed by atoms with Gasteiger partial charge in [0.25, 0.3) is 5.91 Å². The highest BCUT2D eigenvalue weighted by Crippen LogP contribution is 2.22. The van der Waals surface area contributed by atoms with E-state index in [0.717, 1.165) is 5.56 Å². The Balaban J connectivity index is 1.92. The van der Waals surface area contributed by atoms with Crippen LogP contribution in [0.4, 0.5) is 10.1 Å². The maximum absolute atomic E-state index is 13.0. The van der Waals surface area contributed by atoms with Crippen LogP contribution in [0.25, 0.3) is 6.08 Å². The first-order valence-electron chi connectivity index (χ1n) is 6.18. The van der Waals surface area contributed by atoms with Crippen molar-refractivity contribution in [1.29, 1.82) is 0 Å². The predicted octanol–water partition coefficient (Wildman–Crippen LogP) is 2.48. The molecule has 0 radical (unpaired) electrons. The summed E-state index contributed by atoms with van der Waals surface area (Å²) in [5, 5.41) is 3.13. The average molecular weight is 299 g/mol. The number of thiocarbonyl (C=S) groups is 1. The summed E-state index contributed by atoms with van der Waals surface area (Å²) in [6.45, 7) is 0. The standard InChI is InChI=1S/C15H10FN3OS/c16-11-3-5-12(6-4-11)19-14(20)13(18-15(19)21)8-10-2-1-7-17-9-10/h1-9H,(H,18,21)/b13-8+. The number of nitrogens with one attached hydrogen (secondary N) is 1. The van der Waals surface area contributed by atoms with Gasteiger partial charge in [-0.3, -0.25) is 14.7 Å². The molecule has 1 N–H and O–H groups in total. The van der Waals surface area contributed by atoms with Crippen LogP contribution in [0, 0.1) is 5.82 Å². The van der Waals surface area contributed by atoms with Crippen molar-refractivity contribution in [1.82, 2.24) is 10.3 Å². The van der Waals surface area contributed by atoms with Gasteiger partial charge >= 0.3 is 0 Å².